The predicted octanol–water partition coefficient (Wildman–Crippen LogP) is 16.9. The van der Waals surface area contributed by atoms with E-state index in [1.165, 1.54) is 106 Å². The monoisotopic (exact) mass is 884 g/mol. The van der Waals surface area contributed by atoms with Gasteiger partial charge in [-0.1, -0.05) is 153 Å². The van der Waals surface area contributed by atoms with Gasteiger partial charge in [-0.05, 0) is 144 Å². The summed E-state index contributed by atoms with van der Waals surface area (Å²) < 4.78 is 2.71. The van der Waals surface area contributed by atoms with Crippen molar-refractivity contribution in [3.8, 4) is 0 Å². The van der Waals surface area contributed by atoms with E-state index in [0.29, 0.717) is 11.8 Å². The number of fused-ring (bicyclic) bond motifs is 13. The van der Waals surface area contributed by atoms with Crippen molar-refractivity contribution in [2.75, 3.05) is 9.80 Å². The largest absolute Gasteiger partial charge is 0.334 e. The Bertz CT molecular complexity index is 3400. The first-order chi connectivity index (χ1) is 33.0. The molecule has 0 N–H and O–H groups in total. The molecule has 2 heterocycles. The Kier molecular flexibility index (Phi) is 8.92. The van der Waals surface area contributed by atoms with Gasteiger partial charge in [0.25, 0.3) is 0 Å². The molecular weight excluding hydrogens is 829 g/mol. The summed E-state index contributed by atoms with van der Waals surface area (Å²) in [5.41, 5.74) is 21.4. The lowest BCUT2D eigenvalue weighted by Gasteiger charge is -2.50. The molecule has 7 aliphatic carbocycles. The summed E-state index contributed by atoms with van der Waals surface area (Å²) in [4.78, 5) is 5.33. The van der Waals surface area contributed by atoms with E-state index in [1.54, 1.807) is 11.1 Å². The summed E-state index contributed by atoms with van der Waals surface area (Å²) in [5.74, 6) is 0.782. The minimum atomic E-state index is -0.329. The fraction of sp³-hybridized carbons (Fsp3) is 0.250. The van der Waals surface area contributed by atoms with Gasteiger partial charge in [-0.2, -0.15) is 0 Å². The number of rotatable bonds is 5. The number of anilines is 3. The molecule has 6 aromatic rings. The van der Waals surface area contributed by atoms with Crippen molar-refractivity contribution in [1.82, 2.24) is 0 Å². The van der Waals surface area contributed by atoms with Gasteiger partial charge in [0.05, 0.1) is 17.1 Å². The Morgan fingerprint density at radius 2 is 1.49 bits per heavy atom. The number of benzene rings is 5. The fourth-order valence-corrected chi connectivity index (χ4v) is 15.2. The van der Waals surface area contributed by atoms with Crippen LogP contribution in [0.15, 0.2) is 204 Å². The maximum Gasteiger partial charge on any atom is 0.0686 e. The van der Waals surface area contributed by atoms with Gasteiger partial charge in [0.1, 0.15) is 0 Å². The van der Waals surface area contributed by atoms with Crippen molar-refractivity contribution < 1.29 is 0 Å². The summed E-state index contributed by atoms with van der Waals surface area (Å²) in [6.45, 7) is 4.98. The SMILES string of the molecule is CC1(C)c2ccccc2N(c2cccc3c2C2=C(C=CCC2)C32C3=C(C=CC(C4=CCC(N(C5=CCCC=C5)c5ccc6c(c5)sc5ccccc56)C=C4)C3)c3ccccc32)C2=CCCCC21. The molecule has 0 fully saturated rings. The highest BCUT2D eigenvalue weighted by atomic mass is 32.1. The van der Waals surface area contributed by atoms with Crippen LogP contribution in [0, 0.1) is 11.8 Å². The number of thiophene rings is 1. The van der Waals surface area contributed by atoms with Gasteiger partial charge in [0, 0.05) is 65.8 Å². The third-order valence-corrected chi connectivity index (χ3v) is 18.2. The molecule has 0 bridgehead atoms. The van der Waals surface area contributed by atoms with Gasteiger partial charge in [-0.3, -0.25) is 0 Å². The van der Waals surface area contributed by atoms with Crippen LogP contribution in [-0.2, 0) is 10.8 Å². The normalized spacial score (nSPS) is 25.1. The molecule has 0 saturated heterocycles. The van der Waals surface area contributed by atoms with E-state index in [-0.39, 0.29) is 16.9 Å². The molecule has 1 spiro atoms. The lowest BCUT2D eigenvalue weighted by atomic mass is 9.64. The van der Waals surface area contributed by atoms with Crippen molar-refractivity contribution >= 4 is 59.7 Å². The fourth-order valence-electron chi connectivity index (χ4n) is 14.1. The van der Waals surface area contributed by atoms with Gasteiger partial charge in [-0.15, -0.1) is 11.3 Å². The third-order valence-electron chi connectivity index (χ3n) is 17.0. The first-order valence-electron chi connectivity index (χ1n) is 25.1. The van der Waals surface area contributed by atoms with Crippen LogP contribution in [-0.4, -0.2) is 6.04 Å². The van der Waals surface area contributed by atoms with Crippen LogP contribution >= 0.6 is 11.3 Å². The first-order valence-corrected chi connectivity index (χ1v) is 25.9. The molecule has 5 aromatic carbocycles. The van der Waals surface area contributed by atoms with E-state index < -0.39 is 0 Å². The molecule has 0 amide bonds. The van der Waals surface area contributed by atoms with E-state index in [2.05, 4.69) is 200 Å². The highest BCUT2D eigenvalue weighted by molar-refractivity contribution is 7.25. The van der Waals surface area contributed by atoms with Crippen LogP contribution in [0.2, 0.25) is 0 Å². The average Bonchev–Trinajstić information content (AvgIpc) is 4.01. The van der Waals surface area contributed by atoms with Crippen LogP contribution in [0.5, 0.6) is 0 Å². The topological polar surface area (TPSA) is 6.48 Å². The number of nitrogens with zero attached hydrogens (tertiary/aromatic N) is 2. The minimum Gasteiger partial charge on any atom is -0.334 e. The summed E-state index contributed by atoms with van der Waals surface area (Å²) in [6.07, 6.45) is 37.3. The Balaban J connectivity index is 0.855. The number of para-hydroxylation sites is 1. The van der Waals surface area contributed by atoms with Gasteiger partial charge in [-0.25, -0.2) is 0 Å². The van der Waals surface area contributed by atoms with Gasteiger partial charge in [0.2, 0.25) is 0 Å². The second kappa shape index (κ2) is 15.0. The molecular formula is C64H56N2S. The quantitative estimate of drug-likeness (QED) is 0.170. The molecule has 2 nitrogen and oxygen atoms in total. The number of hydrogen-bond donors (Lipinski definition) is 0. The smallest absolute Gasteiger partial charge is 0.0686 e. The van der Waals surface area contributed by atoms with E-state index in [0.717, 1.165) is 44.9 Å². The standard InChI is InChI=1S/C64H56N2S/c1-63(2)53-24-11-13-27-57(53)66(58-28-14-12-25-54(58)63)59-29-16-26-55-62(59)50-21-7-10-23-52(50)64(55)51-22-9-6-19-46(51)47-37-33-42(39-56(47)64)41-31-34-44(35-32-41)65(43-17-4-3-5-18-43)45-36-38-49-48-20-8-15-30-60(48)67-61(49)40-45/h4,6,8-11,13,15-20,22-24,26-34,36-38,40,42,44,54H,3,5,7,12,14,21,25,35,39H2,1-2H3. The second-order valence-electron chi connectivity index (χ2n) is 20.7. The molecule has 0 radical (unpaired) electrons. The molecule has 4 atom stereocenters. The van der Waals surface area contributed by atoms with Gasteiger partial charge < -0.3 is 9.80 Å². The predicted molar refractivity (Wildman–Crippen MR) is 284 cm³/mol. The van der Waals surface area contributed by atoms with Crippen LogP contribution in [0.3, 0.4) is 0 Å². The number of hydrogen-bond acceptors (Lipinski definition) is 3. The summed E-state index contributed by atoms with van der Waals surface area (Å²) in [6, 6.07) is 42.3. The maximum absolute atomic E-state index is 2.72. The molecule has 1 aromatic heterocycles. The first kappa shape index (κ1) is 39.7. The van der Waals surface area contributed by atoms with Crippen LogP contribution < -0.4 is 9.80 Å². The van der Waals surface area contributed by atoms with Crippen LogP contribution in [0.1, 0.15) is 99.5 Å². The maximum atomic E-state index is 2.72. The van der Waals surface area contributed by atoms with Crippen molar-refractivity contribution in [3.63, 3.8) is 0 Å². The van der Waals surface area contributed by atoms with E-state index >= 15 is 0 Å². The Labute approximate surface area is 399 Å². The second-order valence-corrected chi connectivity index (χ2v) is 21.8. The molecule has 0 saturated carbocycles. The zero-order valence-corrected chi connectivity index (χ0v) is 39.5. The van der Waals surface area contributed by atoms with Crippen molar-refractivity contribution in [2.24, 2.45) is 11.8 Å². The van der Waals surface area contributed by atoms with E-state index in [4.69, 9.17) is 0 Å². The van der Waals surface area contributed by atoms with Gasteiger partial charge >= 0.3 is 0 Å². The van der Waals surface area contributed by atoms with E-state index in [1.807, 2.05) is 11.3 Å². The van der Waals surface area contributed by atoms with Crippen molar-refractivity contribution in [2.45, 2.75) is 88.5 Å². The molecule has 1 aliphatic heterocycles. The van der Waals surface area contributed by atoms with Crippen molar-refractivity contribution in [3.05, 3.63) is 232 Å². The van der Waals surface area contributed by atoms with Gasteiger partial charge in [0.15, 0.2) is 0 Å². The lowest BCUT2D eigenvalue weighted by molar-refractivity contribution is 0.313. The zero-order valence-electron chi connectivity index (χ0n) is 38.6. The Hall–Kier alpha value is -6.42. The zero-order chi connectivity index (χ0) is 44.4. The molecule has 14 rings (SSSR count). The lowest BCUT2D eigenvalue weighted by Crippen LogP contribution is -2.42. The third kappa shape index (κ3) is 5.67. The highest BCUT2D eigenvalue weighted by Crippen LogP contribution is 2.67. The molecule has 8 aliphatic rings. The summed E-state index contributed by atoms with van der Waals surface area (Å²) >= 11 is 1.91. The van der Waals surface area contributed by atoms with Crippen LogP contribution in [0.4, 0.5) is 17.1 Å². The molecule has 4 unspecified atom stereocenters. The van der Waals surface area contributed by atoms with E-state index in [9.17, 15) is 0 Å². The molecule has 328 valence electrons. The average molecular weight is 885 g/mol. The molecule has 67 heavy (non-hydrogen) atoms. The highest BCUT2D eigenvalue weighted by Gasteiger charge is 2.55. The Morgan fingerprint density at radius 1 is 0.672 bits per heavy atom. The van der Waals surface area contributed by atoms with Crippen LogP contribution in [0.25, 0.3) is 31.3 Å². The minimum absolute atomic E-state index is 0.0722. The summed E-state index contributed by atoms with van der Waals surface area (Å²) in [5, 5.41) is 2.71. The Morgan fingerprint density at radius 3 is 2.39 bits per heavy atom. The van der Waals surface area contributed by atoms with Crippen molar-refractivity contribution in [1.29, 1.82) is 0 Å². The molecule has 3 heteroatoms. The summed E-state index contributed by atoms with van der Waals surface area (Å²) in [7, 11) is 0. The number of allylic oxidation sites excluding steroid dienone is 15.